The first-order chi connectivity index (χ1) is 9.20. The molecule has 0 aliphatic carbocycles. The Labute approximate surface area is 164 Å². The van der Waals surface area contributed by atoms with Crippen molar-refractivity contribution in [3.8, 4) is 0 Å². The van der Waals surface area contributed by atoms with Crippen molar-refractivity contribution in [2.24, 2.45) is 0 Å². The molecule has 0 saturated heterocycles. The predicted molar refractivity (Wildman–Crippen MR) is 74.9 cm³/mol. The number of nitrogens with zero attached hydrogens (tertiary/aromatic N) is 2. The van der Waals surface area contributed by atoms with E-state index in [0.29, 0.717) is 0 Å². The van der Waals surface area contributed by atoms with Crippen molar-refractivity contribution in [1.29, 1.82) is 0 Å². The maximum Gasteiger partial charge on any atom is 0.317 e. The van der Waals surface area contributed by atoms with Gasteiger partial charge in [-0.25, -0.2) is 0 Å². The summed E-state index contributed by atoms with van der Waals surface area (Å²) in [5.74, 6) is -4.91. The molecule has 0 aromatic carbocycles. The third-order valence-corrected chi connectivity index (χ3v) is 2.17. The van der Waals surface area contributed by atoms with Crippen LogP contribution in [0.5, 0.6) is 0 Å². The van der Waals surface area contributed by atoms with Crippen molar-refractivity contribution >= 4 is 76.5 Å². The molecule has 0 heterocycles. The topological polar surface area (TPSA) is 156 Å². The van der Waals surface area contributed by atoms with E-state index in [1.165, 1.54) is 0 Å². The van der Waals surface area contributed by atoms with E-state index in [9.17, 15) is 19.2 Å². The fourth-order valence-corrected chi connectivity index (χ4v) is 1.48. The van der Waals surface area contributed by atoms with Gasteiger partial charge in [0.15, 0.2) is 0 Å². The number of aliphatic carboxylic acids is 4. The average molecular weight is 340 g/mol. The summed E-state index contributed by atoms with van der Waals surface area (Å²) in [5.41, 5.74) is 0. The fourth-order valence-electron chi connectivity index (χ4n) is 1.48. The molecular weight excluding hydrogens is 323 g/mol. The van der Waals surface area contributed by atoms with Crippen molar-refractivity contribution < 1.29 is 39.6 Å². The van der Waals surface area contributed by atoms with Gasteiger partial charge in [-0.1, -0.05) is 0 Å². The predicted octanol–water partition coefficient (Wildman–Crippen LogP) is -2.83. The zero-order chi connectivity index (χ0) is 15.7. The van der Waals surface area contributed by atoms with Gasteiger partial charge in [0.2, 0.25) is 0 Å². The minimum atomic E-state index is -1.23. The van der Waals surface area contributed by atoms with Crippen LogP contribution in [0.1, 0.15) is 0 Å². The zero-order valence-corrected chi connectivity index (χ0v) is 15.7. The summed E-state index contributed by atoms with van der Waals surface area (Å²) in [5, 5.41) is 34.5. The standard InChI is InChI=1S/C10H16N2O8.Mg.Na/c13-7(14)3-11(4-8(15)16)1-2-12(5-9(17)18)6-10(19)20;;/h1-6H2,(H,13,14)(H,15,16)(H,17,18)(H,19,20);;. The van der Waals surface area contributed by atoms with E-state index in [4.69, 9.17) is 20.4 Å². The molecule has 0 aliphatic heterocycles. The molecule has 0 unspecified atom stereocenters. The molecule has 0 aromatic rings. The molecule has 0 aliphatic rings. The Hall–Kier alpha value is -0.434. The molecule has 0 amide bonds. The first-order valence-corrected chi connectivity index (χ1v) is 5.52. The largest absolute Gasteiger partial charge is 0.480 e. The van der Waals surface area contributed by atoms with Crippen molar-refractivity contribution in [2.45, 2.75) is 0 Å². The van der Waals surface area contributed by atoms with Crippen LogP contribution >= 0.6 is 0 Å². The van der Waals surface area contributed by atoms with E-state index in [-0.39, 0.29) is 65.7 Å². The molecule has 0 aromatic heterocycles. The maximum absolute atomic E-state index is 10.6. The molecule has 0 rings (SSSR count). The smallest absolute Gasteiger partial charge is 0.317 e. The molecule has 12 heteroatoms. The molecule has 4 N–H and O–H groups in total. The Morgan fingerprint density at radius 3 is 0.909 bits per heavy atom. The van der Waals surface area contributed by atoms with E-state index in [1.807, 2.05) is 0 Å². The average Bonchev–Trinajstić information content (AvgIpc) is 2.22. The van der Waals surface area contributed by atoms with Crippen molar-refractivity contribution in [3.05, 3.63) is 0 Å². The van der Waals surface area contributed by atoms with Gasteiger partial charge < -0.3 is 20.4 Å². The van der Waals surface area contributed by atoms with Gasteiger partial charge in [0.1, 0.15) is 0 Å². The summed E-state index contributed by atoms with van der Waals surface area (Å²) in [6, 6.07) is 0. The van der Waals surface area contributed by atoms with Gasteiger partial charge in [0.05, 0.1) is 26.2 Å². The summed E-state index contributed by atoms with van der Waals surface area (Å²) >= 11 is 0. The van der Waals surface area contributed by atoms with Crippen LogP contribution in [-0.4, -0.2) is 146 Å². The third-order valence-electron chi connectivity index (χ3n) is 2.17. The summed E-state index contributed by atoms with van der Waals surface area (Å²) in [7, 11) is 0. The van der Waals surface area contributed by atoms with E-state index < -0.39 is 50.1 Å². The summed E-state index contributed by atoms with van der Waals surface area (Å²) < 4.78 is 0. The van der Waals surface area contributed by atoms with Gasteiger partial charge in [-0.2, -0.15) is 0 Å². The van der Waals surface area contributed by atoms with Crippen LogP contribution in [0, 0.1) is 0 Å². The Kier molecular flexibility index (Phi) is 17.1. The maximum atomic E-state index is 10.6. The first kappa shape index (κ1) is 26.5. The minimum Gasteiger partial charge on any atom is -0.480 e. The van der Waals surface area contributed by atoms with E-state index in [0.717, 1.165) is 9.80 Å². The molecule has 10 nitrogen and oxygen atoms in total. The van der Waals surface area contributed by atoms with Crippen LogP contribution in [0.3, 0.4) is 0 Å². The Morgan fingerprint density at radius 2 is 0.773 bits per heavy atom. The van der Waals surface area contributed by atoms with Gasteiger partial charge in [0, 0.05) is 65.7 Å². The first-order valence-electron chi connectivity index (χ1n) is 5.52. The summed E-state index contributed by atoms with van der Waals surface area (Å²) in [4.78, 5) is 44.4. The monoisotopic (exact) mass is 339 g/mol. The van der Waals surface area contributed by atoms with Gasteiger partial charge in [-0.15, -0.1) is 0 Å². The number of carboxylic acid groups (broad SMARTS) is 4. The molecular formula is C10H16MgN2NaO8. The van der Waals surface area contributed by atoms with Gasteiger partial charge in [-0.3, -0.25) is 29.0 Å². The van der Waals surface area contributed by atoms with Crippen LogP contribution in [0.25, 0.3) is 0 Å². The van der Waals surface area contributed by atoms with Gasteiger partial charge >= 0.3 is 23.9 Å². The molecule has 117 valence electrons. The quantitative estimate of drug-likeness (QED) is 0.289. The van der Waals surface area contributed by atoms with E-state index in [2.05, 4.69) is 0 Å². The molecule has 0 saturated carbocycles. The van der Waals surface area contributed by atoms with Crippen molar-refractivity contribution in [1.82, 2.24) is 9.80 Å². The minimum absolute atomic E-state index is 0. The van der Waals surface area contributed by atoms with Crippen LogP contribution in [0.2, 0.25) is 0 Å². The molecule has 0 spiro atoms. The Morgan fingerprint density at radius 1 is 0.591 bits per heavy atom. The molecule has 0 fully saturated rings. The van der Waals surface area contributed by atoms with Crippen LogP contribution < -0.4 is 0 Å². The second-order valence-corrected chi connectivity index (χ2v) is 4.00. The van der Waals surface area contributed by atoms with E-state index >= 15 is 0 Å². The van der Waals surface area contributed by atoms with Crippen LogP contribution in [0.15, 0.2) is 0 Å². The summed E-state index contributed by atoms with van der Waals surface area (Å²) in [6.45, 7) is -2.25. The zero-order valence-electron chi connectivity index (χ0n) is 12.3. The summed E-state index contributed by atoms with van der Waals surface area (Å²) in [6.07, 6.45) is 0. The van der Waals surface area contributed by atoms with E-state index in [1.54, 1.807) is 0 Å². The van der Waals surface area contributed by atoms with Crippen LogP contribution in [-0.2, 0) is 19.2 Å². The number of hydrogen-bond donors (Lipinski definition) is 4. The Balaban J connectivity index is -0.00000180. The van der Waals surface area contributed by atoms with Crippen molar-refractivity contribution in [2.75, 3.05) is 39.3 Å². The molecule has 0 atom stereocenters. The second kappa shape index (κ2) is 14.2. The molecule has 0 bridgehead atoms. The van der Waals surface area contributed by atoms with Crippen LogP contribution in [0.4, 0.5) is 0 Å². The molecule has 22 heavy (non-hydrogen) atoms. The number of carbonyl (C=O) groups is 4. The SMILES string of the molecule is O=C(O)CN(CCN(CC(=O)O)CC(=O)O)CC(=O)O.[Mg].[Na]. The Bertz CT molecular complexity index is 327. The fraction of sp³-hybridized carbons (Fsp3) is 0.600. The normalized spacial score (nSPS) is 9.73. The third kappa shape index (κ3) is 15.9. The van der Waals surface area contributed by atoms with Gasteiger partial charge in [-0.05, 0) is 0 Å². The number of rotatable bonds is 11. The molecule has 3 radical (unpaired) electrons. The van der Waals surface area contributed by atoms with Crippen molar-refractivity contribution in [3.63, 3.8) is 0 Å². The number of carboxylic acids is 4. The second-order valence-electron chi connectivity index (χ2n) is 4.00. The van der Waals surface area contributed by atoms with Gasteiger partial charge in [0.25, 0.3) is 0 Å². The number of hydrogen-bond acceptors (Lipinski definition) is 6.